The fourth-order valence-electron chi connectivity index (χ4n) is 2.17. The highest BCUT2D eigenvalue weighted by Crippen LogP contribution is 2.22. The van der Waals surface area contributed by atoms with Crippen LogP contribution >= 0.6 is 0 Å². The Bertz CT molecular complexity index is 481. The van der Waals surface area contributed by atoms with E-state index in [1.165, 1.54) is 12.1 Å². The number of halogens is 1. The van der Waals surface area contributed by atoms with Gasteiger partial charge in [-0.2, -0.15) is 0 Å². The van der Waals surface area contributed by atoms with E-state index in [4.69, 9.17) is 10.2 Å². The minimum Gasteiger partial charge on any atom is -0.469 e. The maximum atomic E-state index is 12.9. The molecule has 0 aliphatic carbocycles. The maximum Gasteiger partial charge on any atom is 0.123 e. The summed E-state index contributed by atoms with van der Waals surface area (Å²) in [4.78, 5) is 0. The molecule has 2 aromatic rings. The van der Waals surface area contributed by atoms with Gasteiger partial charge in [0.1, 0.15) is 11.6 Å². The maximum absolute atomic E-state index is 12.9. The zero-order valence-electron chi connectivity index (χ0n) is 10.6. The third-order valence-electron chi connectivity index (χ3n) is 3.28. The second kappa shape index (κ2) is 6.50. The van der Waals surface area contributed by atoms with Gasteiger partial charge in [0.2, 0.25) is 0 Å². The molecule has 0 saturated heterocycles. The minimum absolute atomic E-state index is 0.185. The Morgan fingerprint density at radius 3 is 2.53 bits per heavy atom. The second-order valence-electron chi connectivity index (χ2n) is 4.58. The summed E-state index contributed by atoms with van der Waals surface area (Å²) in [7, 11) is 0. The summed E-state index contributed by atoms with van der Waals surface area (Å²) in [6.07, 6.45) is 2.27. The molecule has 3 nitrogen and oxygen atoms in total. The average Bonchev–Trinajstić information content (AvgIpc) is 2.92. The van der Waals surface area contributed by atoms with E-state index in [-0.39, 0.29) is 11.7 Å². The molecule has 0 radical (unpaired) electrons. The number of nitrogens with two attached hydrogens (primary N) is 1. The van der Waals surface area contributed by atoms with Gasteiger partial charge in [0, 0.05) is 18.9 Å². The monoisotopic (exact) mass is 263 g/mol. The van der Waals surface area contributed by atoms with Crippen molar-refractivity contribution in [3.63, 3.8) is 0 Å². The topological polar surface area (TPSA) is 59.4 Å². The third-order valence-corrected chi connectivity index (χ3v) is 3.28. The molecular formula is C15H18FNO2. The van der Waals surface area contributed by atoms with E-state index in [2.05, 4.69) is 0 Å². The number of hydrogen-bond acceptors (Lipinski definition) is 3. The van der Waals surface area contributed by atoms with Crippen LogP contribution in [-0.4, -0.2) is 17.8 Å². The SMILES string of the molecule is NCC(c1ccc(F)cc1)C(O)CCc1ccco1. The van der Waals surface area contributed by atoms with Crippen LogP contribution in [0.25, 0.3) is 0 Å². The predicted molar refractivity (Wildman–Crippen MR) is 71.2 cm³/mol. The zero-order valence-corrected chi connectivity index (χ0v) is 10.6. The van der Waals surface area contributed by atoms with Crippen LogP contribution in [0.3, 0.4) is 0 Å². The number of aryl methyl sites for hydroxylation is 1. The van der Waals surface area contributed by atoms with E-state index in [1.807, 2.05) is 12.1 Å². The highest BCUT2D eigenvalue weighted by molar-refractivity contribution is 5.22. The van der Waals surface area contributed by atoms with Crippen molar-refractivity contribution in [3.05, 3.63) is 59.8 Å². The third kappa shape index (κ3) is 3.66. The van der Waals surface area contributed by atoms with E-state index in [1.54, 1.807) is 18.4 Å². The first-order valence-corrected chi connectivity index (χ1v) is 6.36. The Labute approximate surface area is 111 Å². The fraction of sp³-hybridized carbons (Fsp3) is 0.333. The summed E-state index contributed by atoms with van der Waals surface area (Å²) < 4.78 is 18.1. The summed E-state index contributed by atoms with van der Waals surface area (Å²) in [6, 6.07) is 9.81. The molecule has 2 atom stereocenters. The number of furan rings is 1. The van der Waals surface area contributed by atoms with Crippen molar-refractivity contribution in [2.24, 2.45) is 5.73 Å². The lowest BCUT2D eigenvalue weighted by molar-refractivity contribution is 0.134. The Morgan fingerprint density at radius 1 is 1.21 bits per heavy atom. The van der Waals surface area contributed by atoms with Crippen LogP contribution in [0.5, 0.6) is 0 Å². The van der Waals surface area contributed by atoms with Crippen LogP contribution in [0.15, 0.2) is 47.1 Å². The first-order chi connectivity index (χ1) is 9.20. The Kier molecular flexibility index (Phi) is 4.71. The molecule has 1 aromatic carbocycles. The summed E-state index contributed by atoms with van der Waals surface area (Å²) in [5.41, 5.74) is 6.57. The van der Waals surface area contributed by atoms with Crippen molar-refractivity contribution in [3.8, 4) is 0 Å². The molecular weight excluding hydrogens is 245 g/mol. The second-order valence-corrected chi connectivity index (χ2v) is 4.58. The van der Waals surface area contributed by atoms with Crippen LogP contribution in [0.2, 0.25) is 0 Å². The van der Waals surface area contributed by atoms with Gasteiger partial charge in [0.05, 0.1) is 12.4 Å². The Morgan fingerprint density at radius 2 is 1.95 bits per heavy atom. The predicted octanol–water partition coefficient (Wildman–Crippen LogP) is 2.45. The standard InChI is InChI=1S/C15H18FNO2/c16-12-5-3-11(4-6-12)14(10-17)15(18)8-7-13-2-1-9-19-13/h1-6,9,14-15,18H,7-8,10,17H2. The molecule has 0 bridgehead atoms. The first kappa shape index (κ1) is 13.8. The van der Waals surface area contributed by atoms with Gasteiger partial charge in [-0.25, -0.2) is 4.39 Å². The van der Waals surface area contributed by atoms with Gasteiger partial charge in [-0.15, -0.1) is 0 Å². The van der Waals surface area contributed by atoms with Gasteiger partial charge in [0.25, 0.3) is 0 Å². The van der Waals surface area contributed by atoms with Gasteiger partial charge >= 0.3 is 0 Å². The molecule has 0 saturated carbocycles. The first-order valence-electron chi connectivity index (χ1n) is 6.36. The number of aliphatic hydroxyl groups excluding tert-OH is 1. The summed E-state index contributed by atoms with van der Waals surface area (Å²) in [5, 5.41) is 10.2. The summed E-state index contributed by atoms with van der Waals surface area (Å²) in [6.45, 7) is 0.324. The molecule has 0 amide bonds. The molecule has 0 aliphatic rings. The molecule has 2 unspecified atom stereocenters. The molecule has 2 rings (SSSR count). The van der Waals surface area contributed by atoms with Crippen LogP contribution in [0, 0.1) is 5.82 Å². The molecule has 0 fully saturated rings. The van der Waals surface area contributed by atoms with Crippen molar-refractivity contribution < 1.29 is 13.9 Å². The van der Waals surface area contributed by atoms with Gasteiger partial charge < -0.3 is 15.3 Å². The van der Waals surface area contributed by atoms with Crippen molar-refractivity contribution >= 4 is 0 Å². The van der Waals surface area contributed by atoms with Gasteiger partial charge in [0.15, 0.2) is 0 Å². The molecule has 102 valence electrons. The van der Waals surface area contributed by atoms with Crippen LogP contribution < -0.4 is 5.73 Å². The molecule has 1 heterocycles. The lowest BCUT2D eigenvalue weighted by Gasteiger charge is -2.21. The number of aliphatic hydroxyl groups is 1. The van der Waals surface area contributed by atoms with Crippen LogP contribution in [-0.2, 0) is 6.42 Å². The normalized spacial score (nSPS) is 14.3. The zero-order chi connectivity index (χ0) is 13.7. The van der Waals surface area contributed by atoms with E-state index in [9.17, 15) is 9.50 Å². The van der Waals surface area contributed by atoms with Crippen molar-refractivity contribution in [2.45, 2.75) is 24.9 Å². The van der Waals surface area contributed by atoms with Gasteiger partial charge in [-0.3, -0.25) is 0 Å². The van der Waals surface area contributed by atoms with Crippen molar-refractivity contribution in [2.75, 3.05) is 6.54 Å². The molecule has 19 heavy (non-hydrogen) atoms. The molecule has 0 aliphatic heterocycles. The molecule has 3 N–H and O–H groups in total. The largest absolute Gasteiger partial charge is 0.469 e. The molecule has 1 aromatic heterocycles. The number of rotatable bonds is 6. The number of benzene rings is 1. The highest BCUT2D eigenvalue weighted by Gasteiger charge is 2.20. The summed E-state index contributed by atoms with van der Waals surface area (Å²) >= 11 is 0. The Balaban J connectivity index is 1.98. The minimum atomic E-state index is -0.569. The van der Waals surface area contributed by atoms with Crippen LogP contribution in [0.1, 0.15) is 23.7 Å². The van der Waals surface area contributed by atoms with E-state index in [0.29, 0.717) is 19.4 Å². The highest BCUT2D eigenvalue weighted by atomic mass is 19.1. The lowest BCUT2D eigenvalue weighted by atomic mass is 9.90. The van der Waals surface area contributed by atoms with E-state index >= 15 is 0 Å². The van der Waals surface area contributed by atoms with Crippen LogP contribution in [0.4, 0.5) is 4.39 Å². The fourth-order valence-corrected chi connectivity index (χ4v) is 2.17. The average molecular weight is 263 g/mol. The van der Waals surface area contributed by atoms with Gasteiger partial charge in [-0.1, -0.05) is 12.1 Å². The smallest absolute Gasteiger partial charge is 0.123 e. The van der Waals surface area contributed by atoms with Gasteiger partial charge in [-0.05, 0) is 36.2 Å². The van der Waals surface area contributed by atoms with E-state index in [0.717, 1.165) is 11.3 Å². The van der Waals surface area contributed by atoms with Crippen molar-refractivity contribution in [1.29, 1.82) is 0 Å². The number of hydrogen-bond donors (Lipinski definition) is 2. The Hall–Kier alpha value is -1.65. The summed E-state index contributed by atoms with van der Waals surface area (Å²) in [5.74, 6) is 0.370. The van der Waals surface area contributed by atoms with Crippen molar-refractivity contribution in [1.82, 2.24) is 0 Å². The lowest BCUT2D eigenvalue weighted by Crippen LogP contribution is -2.26. The molecule has 0 spiro atoms. The van der Waals surface area contributed by atoms with E-state index < -0.39 is 6.10 Å². The quantitative estimate of drug-likeness (QED) is 0.841. The molecule has 4 heteroatoms.